The van der Waals surface area contributed by atoms with Gasteiger partial charge in [0.1, 0.15) is 18.0 Å². The average molecular weight is 376 g/mol. The first-order chi connectivity index (χ1) is 11.1. The highest BCUT2D eigenvalue weighted by Gasteiger charge is 2.17. The molecule has 0 amide bonds. The van der Waals surface area contributed by atoms with Crippen molar-refractivity contribution >= 4 is 32.8 Å². The molecule has 0 unspecified atom stereocenters. The second-order valence-electron chi connectivity index (χ2n) is 5.31. The summed E-state index contributed by atoms with van der Waals surface area (Å²) < 4.78 is 2.98. The first-order valence-corrected chi connectivity index (χ1v) is 8.22. The number of fused-ring (bicyclic) bond motifs is 1. The lowest BCUT2D eigenvalue weighted by atomic mass is 10.2. The van der Waals surface area contributed by atoms with E-state index in [0.717, 1.165) is 38.4 Å². The normalized spacial score (nSPS) is 11.1. The molecule has 3 rings (SSSR count). The molecule has 0 aliphatic rings. The topological polar surface area (TPSA) is 75.9 Å². The van der Waals surface area contributed by atoms with E-state index in [9.17, 15) is 0 Å². The van der Waals surface area contributed by atoms with E-state index in [4.69, 9.17) is 5.11 Å². The molecule has 3 aromatic heterocycles. The van der Waals surface area contributed by atoms with Gasteiger partial charge in [0.2, 0.25) is 0 Å². The van der Waals surface area contributed by atoms with E-state index >= 15 is 0 Å². The summed E-state index contributed by atoms with van der Waals surface area (Å²) in [6.07, 6.45) is 4.01. The fraction of sp³-hybridized carbons (Fsp3) is 0.312. The highest BCUT2D eigenvalue weighted by atomic mass is 79.9. The maximum Gasteiger partial charge on any atom is 0.151 e. The van der Waals surface area contributed by atoms with Crippen LogP contribution in [-0.4, -0.2) is 37.8 Å². The Morgan fingerprint density at radius 3 is 2.74 bits per heavy atom. The molecule has 0 fully saturated rings. The number of nitrogens with zero attached hydrogens (tertiary/aromatic N) is 4. The van der Waals surface area contributed by atoms with Crippen LogP contribution in [0.25, 0.3) is 16.9 Å². The molecule has 3 heterocycles. The third kappa shape index (κ3) is 2.94. The maximum absolute atomic E-state index is 8.94. The van der Waals surface area contributed by atoms with Crippen LogP contribution in [0.4, 0.5) is 5.82 Å². The zero-order valence-corrected chi connectivity index (χ0v) is 14.6. The summed E-state index contributed by atoms with van der Waals surface area (Å²) in [5, 5.41) is 13.2. The minimum absolute atomic E-state index is 0.156. The summed E-state index contributed by atoms with van der Waals surface area (Å²) in [7, 11) is 0. The average Bonchev–Trinajstić information content (AvgIpc) is 2.81. The monoisotopic (exact) mass is 375 g/mol. The molecule has 0 saturated carbocycles. The summed E-state index contributed by atoms with van der Waals surface area (Å²) in [6, 6.07) is 3.92. The van der Waals surface area contributed by atoms with Crippen molar-refractivity contribution in [1.82, 2.24) is 19.5 Å². The first-order valence-electron chi connectivity index (χ1n) is 7.42. The van der Waals surface area contributed by atoms with Crippen LogP contribution < -0.4 is 5.32 Å². The number of rotatable bonds is 5. The van der Waals surface area contributed by atoms with E-state index in [1.807, 2.05) is 16.7 Å². The van der Waals surface area contributed by atoms with Crippen molar-refractivity contribution in [2.45, 2.75) is 20.3 Å². The van der Waals surface area contributed by atoms with Gasteiger partial charge in [0.25, 0.3) is 0 Å². The predicted octanol–water partition coefficient (Wildman–Crippen LogP) is 2.99. The Balaban J connectivity index is 2.14. The van der Waals surface area contributed by atoms with E-state index in [-0.39, 0.29) is 6.61 Å². The Morgan fingerprint density at radius 1 is 1.22 bits per heavy atom. The Labute approximate surface area is 142 Å². The lowest BCUT2D eigenvalue weighted by Gasteiger charge is -2.08. The lowest BCUT2D eigenvalue weighted by molar-refractivity contribution is 0.292. The predicted molar refractivity (Wildman–Crippen MR) is 94.0 cm³/mol. The molecule has 0 aliphatic carbocycles. The van der Waals surface area contributed by atoms with Gasteiger partial charge in [-0.25, -0.2) is 15.0 Å². The van der Waals surface area contributed by atoms with Crippen molar-refractivity contribution in [3.8, 4) is 5.82 Å². The number of nitrogens with one attached hydrogen (secondary N) is 1. The first kappa shape index (κ1) is 15.9. The van der Waals surface area contributed by atoms with Crippen LogP contribution in [0.1, 0.15) is 17.7 Å². The second-order valence-corrected chi connectivity index (χ2v) is 6.22. The maximum atomic E-state index is 8.94. The standard InChI is InChI=1S/C16H18BrN5O/c1-10-11(2)22(13-5-4-12(17)8-19-13)16-14(10)15(20-9-21-16)18-6-3-7-23/h4-5,8-9,23H,3,6-7H2,1-2H3,(H,18,20,21). The van der Waals surface area contributed by atoms with E-state index in [0.29, 0.717) is 13.0 Å². The zero-order chi connectivity index (χ0) is 16.4. The van der Waals surface area contributed by atoms with E-state index in [1.165, 1.54) is 0 Å². The van der Waals surface area contributed by atoms with Crippen molar-refractivity contribution in [1.29, 1.82) is 0 Å². The van der Waals surface area contributed by atoms with Crippen molar-refractivity contribution in [3.05, 3.63) is 40.4 Å². The fourth-order valence-electron chi connectivity index (χ4n) is 2.60. The highest BCUT2D eigenvalue weighted by molar-refractivity contribution is 9.10. The van der Waals surface area contributed by atoms with Gasteiger partial charge in [-0.2, -0.15) is 0 Å². The van der Waals surface area contributed by atoms with Crippen LogP contribution in [0.15, 0.2) is 29.1 Å². The second kappa shape index (κ2) is 6.64. The molecule has 0 bridgehead atoms. The smallest absolute Gasteiger partial charge is 0.151 e. The molecule has 7 heteroatoms. The number of aliphatic hydroxyl groups is 1. The van der Waals surface area contributed by atoms with Gasteiger partial charge in [-0.15, -0.1) is 0 Å². The SMILES string of the molecule is Cc1c(C)n(-c2ccc(Br)cn2)c2ncnc(NCCCO)c12. The van der Waals surface area contributed by atoms with Gasteiger partial charge in [0.05, 0.1) is 5.39 Å². The number of anilines is 1. The number of aromatic nitrogens is 4. The Bertz CT molecular complexity index is 829. The largest absolute Gasteiger partial charge is 0.396 e. The van der Waals surface area contributed by atoms with E-state index < -0.39 is 0 Å². The van der Waals surface area contributed by atoms with Gasteiger partial charge in [-0.3, -0.25) is 4.57 Å². The zero-order valence-electron chi connectivity index (χ0n) is 13.0. The van der Waals surface area contributed by atoms with E-state index in [2.05, 4.69) is 50.0 Å². The van der Waals surface area contributed by atoms with Crippen LogP contribution in [0.3, 0.4) is 0 Å². The van der Waals surface area contributed by atoms with Crippen LogP contribution in [-0.2, 0) is 0 Å². The van der Waals surface area contributed by atoms with Crippen LogP contribution in [0.2, 0.25) is 0 Å². The molecule has 120 valence electrons. The number of aryl methyl sites for hydroxylation is 1. The molecule has 0 spiro atoms. The molecule has 0 aromatic carbocycles. The van der Waals surface area contributed by atoms with Crippen LogP contribution in [0.5, 0.6) is 0 Å². The fourth-order valence-corrected chi connectivity index (χ4v) is 2.83. The van der Waals surface area contributed by atoms with Crippen LogP contribution in [0, 0.1) is 13.8 Å². The lowest BCUT2D eigenvalue weighted by Crippen LogP contribution is -2.06. The number of aliphatic hydroxyl groups excluding tert-OH is 1. The molecular formula is C16H18BrN5O. The number of pyridine rings is 1. The Hall–Kier alpha value is -1.99. The molecule has 23 heavy (non-hydrogen) atoms. The number of halogens is 1. The van der Waals surface area contributed by atoms with E-state index in [1.54, 1.807) is 12.5 Å². The quantitative estimate of drug-likeness (QED) is 0.670. The van der Waals surface area contributed by atoms with Gasteiger partial charge in [-0.1, -0.05) is 0 Å². The molecule has 6 nitrogen and oxygen atoms in total. The van der Waals surface area contributed by atoms with Gasteiger partial charge >= 0.3 is 0 Å². The molecular weight excluding hydrogens is 358 g/mol. The number of hydrogen-bond acceptors (Lipinski definition) is 5. The Morgan fingerprint density at radius 2 is 2.04 bits per heavy atom. The summed E-state index contributed by atoms with van der Waals surface area (Å²) in [5.74, 6) is 1.61. The molecule has 0 atom stereocenters. The van der Waals surface area contributed by atoms with Crippen molar-refractivity contribution in [3.63, 3.8) is 0 Å². The minimum Gasteiger partial charge on any atom is -0.396 e. The summed E-state index contributed by atoms with van der Waals surface area (Å²) >= 11 is 3.41. The third-order valence-electron chi connectivity index (χ3n) is 3.86. The van der Waals surface area contributed by atoms with Gasteiger partial charge in [0.15, 0.2) is 5.65 Å². The summed E-state index contributed by atoms with van der Waals surface area (Å²) in [4.78, 5) is 13.3. The van der Waals surface area contributed by atoms with Crippen molar-refractivity contribution in [2.24, 2.45) is 0 Å². The molecule has 2 N–H and O–H groups in total. The number of hydrogen-bond donors (Lipinski definition) is 2. The molecule has 3 aromatic rings. The third-order valence-corrected chi connectivity index (χ3v) is 4.33. The van der Waals surface area contributed by atoms with Crippen molar-refractivity contribution in [2.75, 3.05) is 18.5 Å². The molecule has 0 saturated heterocycles. The van der Waals surface area contributed by atoms with Gasteiger partial charge in [-0.05, 0) is 53.9 Å². The summed E-state index contributed by atoms with van der Waals surface area (Å²) in [6.45, 7) is 4.94. The summed E-state index contributed by atoms with van der Waals surface area (Å²) in [5.41, 5.74) is 3.04. The van der Waals surface area contributed by atoms with Crippen molar-refractivity contribution < 1.29 is 5.11 Å². The minimum atomic E-state index is 0.156. The van der Waals surface area contributed by atoms with Gasteiger partial charge in [0, 0.05) is 29.5 Å². The highest BCUT2D eigenvalue weighted by Crippen LogP contribution is 2.30. The Kier molecular flexibility index (Phi) is 4.58. The van der Waals surface area contributed by atoms with Gasteiger partial charge < -0.3 is 10.4 Å². The molecule has 0 radical (unpaired) electrons. The molecule has 0 aliphatic heterocycles. The van der Waals surface area contributed by atoms with Crippen LogP contribution >= 0.6 is 15.9 Å².